The van der Waals surface area contributed by atoms with Crippen LogP contribution in [0, 0.1) is 6.92 Å². The Labute approximate surface area is 114 Å². The van der Waals surface area contributed by atoms with Crippen molar-refractivity contribution in [1.82, 2.24) is 0 Å². The van der Waals surface area contributed by atoms with Crippen LogP contribution >= 0.6 is 11.3 Å². The van der Waals surface area contributed by atoms with Gasteiger partial charge in [-0.25, -0.2) is 0 Å². The summed E-state index contributed by atoms with van der Waals surface area (Å²) in [5.74, 6) is -0.569. The van der Waals surface area contributed by atoms with Crippen LogP contribution < -0.4 is 5.73 Å². The number of nitrogens with two attached hydrogens (primary N) is 1. The molecular formula is C14H12N2O2S. The number of fused-ring (bicyclic) bond motifs is 1. The smallest absolute Gasteiger partial charge is 0.271 e. The molecule has 0 fully saturated rings. The Kier molecular flexibility index (Phi) is 2.83. The highest BCUT2D eigenvalue weighted by Gasteiger charge is 2.20. The number of amides is 1. The molecule has 0 radical (unpaired) electrons. The molecule has 5 heteroatoms. The van der Waals surface area contributed by atoms with Crippen LogP contribution in [-0.2, 0) is 16.2 Å². The number of primary amides is 1. The number of thiophene rings is 1. The first-order valence-electron chi connectivity index (χ1n) is 5.85. The normalized spacial score (nSPS) is 13.4. The van der Waals surface area contributed by atoms with Crippen molar-refractivity contribution in [2.24, 2.45) is 10.9 Å². The van der Waals surface area contributed by atoms with Crippen LogP contribution in [0.3, 0.4) is 0 Å². The van der Waals surface area contributed by atoms with Gasteiger partial charge in [-0.15, -0.1) is 11.3 Å². The average Bonchev–Trinajstić information content (AvgIpc) is 2.84. The molecule has 0 saturated carbocycles. The predicted molar refractivity (Wildman–Crippen MR) is 75.0 cm³/mol. The summed E-state index contributed by atoms with van der Waals surface area (Å²) < 4.78 is 0. The third-order valence-electron chi connectivity index (χ3n) is 2.99. The maximum absolute atomic E-state index is 11.3. The second kappa shape index (κ2) is 4.51. The molecule has 1 amide bonds. The van der Waals surface area contributed by atoms with Crippen molar-refractivity contribution in [3.05, 3.63) is 46.3 Å². The Bertz CT molecular complexity index is 689. The van der Waals surface area contributed by atoms with E-state index in [2.05, 4.69) is 24.2 Å². The average molecular weight is 272 g/mol. The zero-order valence-electron chi connectivity index (χ0n) is 10.3. The van der Waals surface area contributed by atoms with Gasteiger partial charge < -0.3 is 10.6 Å². The first kappa shape index (κ1) is 11.9. The number of hydrogen-bond acceptors (Lipinski definition) is 4. The summed E-state index contributed by atoms with van der Waals surface area (Å²) in [5, 5.41) is 3.72. The highest BCUT2D eigenvalue weighted by Crippen LogP contribution is 2.30. The van der Waals surface area contributed by atoms with E-state index in [1.54, 1.807) is 11.3 Å². The molecule has 1 aromatic carbocycles. The minimum atomic E-state index is -0.569. The summed E-state index contributed by atoms with van der Waals surface area (Å²) in [6, 6.07) is 10.1. The van der Waals surface area contributed by atoms with Crippen LogP contribution in [0.25, 0.3) is 10.4 Å². The van der Waals surface area contributed by atoms with E-state index in [4.69, 9.17) is 10.6 Å². The first-order chi connectivity index (χ1) is 9.15. The van der Waals surface area contributed by atoms with E-state index in [0.29, 0.717) is 6.61 Å². The third-order valence-corrected chi connectivity index (χ3v) is 4.04. The van der Waals surface area contributed by atoms with Gasteiger partial charge in [0.05, 0.1) is 0 Å². The Hall–Kier alpha value is -2.14. The molecule has 96 valence electrons. The van der Waals surface area contributed by atoms with Gasteiger partial charge in [-0.05, 0) is 30.7 Å². The fourth-order valence-electron chi connectivity index (χ4n) is 2.08. The lowest BCUT2D eigenvalue weighted by Crippen LogP contribution is -2.27. The second-order valence-electron chi connectivity index (χ2n) is 4.36. The highest BCUT2D eigenvalue weighted by molar-refractivity contribution is 7.15. The zero-order valence-corrected chi connectivity index (χ0v) is 11.2. The molecule has 1 aliphatic heterocycles. The fraction of sp³-hybridized carbons (Fsp3) is 0.143. The SMILES string of the molecule is Cc1ccc(-c2ccc3c(c2)CON=C3C(N)=O)s1. The Morgan fingerprint density at radius 3 is 2.89 bits per heavy atom. The number of benzene rings is 1. The lowest BCUT2D eigenvalue weighted by Gasteiger charge is -2.15. The summed E-state index contributed by atoms with van der Waals surface area (Å²) in [6.07, 6.45) is 0. The maximum Gasteiger partial charge on any atom is 0.271 e. The van der Waals surface area contributed by atoms with Crippen molar-refractivity contribution < 1.29 is 9.63 Å². The first-order valence-corrected chi connectivity index (χ1v) is 6.66. The molecular weight excluding hydrogens is 260 g/mol. The van der Waals surface area contributed by atoms with Gasteiger partial charge in [0.15, 0.2) is 5.71 Å². The van der Waals surface area contributed by atoms with Crippen LogP contribution in [0.15, 0.2) is 35.5 Å². The molecule has 0 atom stereocenters. The molecule has 1 aromatic heterocycles. The zero-order chi connectivity index (χ0) is 13.4. The largest absolute Gasteiger partial charge is 0.390 e. The molecule has 1 aliphatic rings. The third kappa shape index (κ3) is 2.13. The molecule has 0 aliphatic carbocycles. The minimum Gasteiger partial charge on any atom is -0.390 e. The van der Waals surface area contributed by atoms with E-state index in [0.717, 1.165) is 16.7 Å². The number of oxime groups is 1. The van der Waals surface area contributed by atoms with Crippen molar-refractivity contribution in [1.29, 1.82) is 0 Å². The van der Waals surface area contributed by atoms with E-state index in [1.807, 2.05) is 18.2 Å². The molecule has 19 heavy (non-hydrogen) atoms. The van der Waals surface area contributed by atoms with Gasteiger partial charge in [-0.2, -0.15) is 0 Å². The van der Waals surface area contributed by atoms with Crippen LogP contribution in [0.4, 0.5) is 0 Å². The molecule has 0 bridgehead atoms. The number of carbonyl (C=O) groups excluding carboxylic acids is 1. The molecule has 2 heterocycles. The second-order valence-corrected chi connectivity index (χ2v) is 5.65. The van der Waals surface area contributed by atoms with Gasteiger partial charge in [0, 0.05) is 20.9 Å². The summed E-state index contributed by atoms with van der Waals surface area (Å²) >= 11 is 1.74. The van der Waals surface area contributed by atoms with Crippen molar-refractivity contribution in [3.63, 3.8) is 0 Å². The monoisotopic (exact) mass is 272 g/mol. The van der Waals surface area contributed by atoms with Gasteiger partial charge >= 0.3 is 0 Å². The number of aryl methyl sites for hydroxylation is 1. The summed E-state index contributed by atoms with van der Waals surface area (Å²) in [4.78, 5) is 18.8. The standard InChI is InChI=1S/C14H12N2O2S/c1-8-2-5-12(19-8)9-3-4-11-10(6-9)7-18-16-13(11)14(15)17/h2-6H,7H2,1H3,(H2,15,17). The molecule has 4 nitrogen and oxygen atoms in total. The highest BCUT2D eigenvalue weighted by atomic mass is 32.1. The Balaban J connectivity index is 2.06. The summed E-state index contributed by atoms with van der Waals surface area (Å²) in [7, 11) is 0. The van der Waals surface area contributed by atoms with Crippen LogP contribution in [-0.4, -0.2) is 11.6 Å². The lowest BCUT2D eigenvalue weighted by atomic mass is 9.99. The van der Waals surface area contributed by atoms with E-state index >= 15 is 0 Å². The predicted octanol–water partition coefficient (Wildman–Crippen LogP) is 2.44. The number of nitrogens with zero attached hydrogens (tertiary/aromatic N) is 1. The van der Waals surface area contributed by atoms with Crippen LogP contribution in [0.5, 0.6) is 0 Å². The van der Waals surface area contributed by atoms with E-state index in [-0.39, 0.29) is 5.71 Å². The van der Waals surface area contributed by atoms with E-state index in [9.17, 15) is 4.79 Å². The summed E-state index contributed by atoms with van der Waals surface area (Å²) in [6.45, 7) is 2.44. The van der Waals surface area contributed by atoms with Gasteiger partial charge in [-0.3, -0.25) is 4.79 Å². The van der Waals surface area contributed by atoms with E-state index in [1.165, 1.54) is 9.75 Å². The molecule has 3 rings (SSSR count). The number of rotatable bonds is 2. The van der Waals surface area contributed by atoms with Crippen LogP contribution in [0.2, 0.25) is 0 Å². The quantitative estimate of drug-likeness (QED) is 0.912. The lowest BCUT2D eigenvalue weighted by molar-refractivity contribution is -0.112. The molecule has 0 saturated heterocycles. The fourth-order valence-corrected chi connectivity index (χ4v) is 2.94. The summed E-state index contributed by atoms with van der Waals surface area (Å²) in [5.41, 5.74) is 8.29. The van der Waals surface area contributed by atoms with E-state index < -0.39 is 5.91 Å². The molecule has 0 spiro atoms. The van der Waals surface area contributed by atoms with Crippen LogP contribution in [0.1, 0.15) is 16.0 Å². The Morgan fingerprint density at radius 2 is 2.21 bits per heavy atom. The topological polar surface area (TPSA) is 64.7 Å². The Morgan fingerprint density at radius 1 is 1.37 bits per heavy atom. The molecule has 0 unspecified atom stereocenters. The van der Waals surface area contributed by atoms with Crippen molar-refractivity contribution in [2.75, 3.05) is 0 Å². The van der Waals surface area contributed by atoms with Gasteiger partial charge in [0.2, 0.25) is 0 Å². The maximum atomic E-state index is 11.3. The van der Waals surface area contributed by atoms with Gasteiger partial charge in [0.25, 0.3) is 5.91 Å². The van der Waals surface area contributed by atoms with Crippen molar-refractivity contribution >= 4 is 23.0 Å². The molecule has 2 aromatic rings. The number of carbonyl (C=O) groups is 1. The van der Waals surface area contributed by atoms with Crippen molar-refractivity contribution in [2.45, 2.75) is 13.5 Å². The van der Waals surface area contributed by atoms with Gasteiger partial charge in [0.1, 0.15) is 6.61 Å². The molecule has 2 N–H and O–H groups in total. The minimum absolute atomic E-state index is 0.190. The van der Waals surface area contributed by atoms with Gasteiger partial charge in [-0.1, -0.05) is 17.3 Å². The van der Waals surface area contributed by atoms with Crippen molar-refractivity contribution in [3.8, 4) is 10.4 Å². The number of hydrogen-bond donors (Lipinski definition) is 1.